The molecule has 1 saturated carbocycles. The third-order valence-corrected chi connectivity index (χ3v) is 5.80. The Labute approximate surface area is 135 Å². The van der Waals surface area contributed by atoms with Gasteiger partial charge < -0.3 is 0 Å². The summed E-state index contributed by atoms with van der Waals surface area (Å²) in [6.45, 7) is 2.23. The summed E-state index contributed by atoms with van der Waals surface area (Å²) in [6.07, 6.45) is 7.19. The van der Waals surface area contributed by atoms with Crippen LogP contribution in [-0.2, 0) is 11.8 Å². The van der Waals surface area contributed by atoms with E-state index in [1.165, 1.54) is 41.8 Å². The smallest absolute Gasteiger partial charge is 0.278 e. The van der Waals surface area contributed by atoms with Gasteiger partial charge >= 0.3 is 5.13 Å². The topological polar surface area (TPSA) is 40.2 Å². The van der Waals surface area contributed by atoms with Crippen LogP contribution in [0.2, 0.25) is 5.02 Å². The van der Waals surface area contributed by atoms with Crippen molar-refractivity contribution >= 4 is 28.1 Å². The molecule has 1 aliphatic carbocycles. The number of thiazole rings is 1. The molecule has 2 aromatic rings. The summed E-state index contributed by atoms with van der Waals surface area (Å²) in [6, 6.07) is 8.38. The van der Waals surface area contributed by atoms with Crippen molar-refractivity contribution in [2.24, 2.45) is 0 Å². The molecule has 0 radical (unpaired) electrons. The summed E-state index contributed by atoms with van der Waals surface area (Å²) in [5.41, 5.74) is 8.91. The van der Waals surface area contributed by atoms with E-state index in [0.29, 0.717) is 0 Å². The van der Waals surface area contributed by atoms with Crippen LogP contribution in [0.3, 0.4) is 0 Å². The van der Waals surface area contributed by atoms with Gasteiger partial charge in [0.15, 0.2) is 0 Å². The lowest BCUT2D eigenvalue weighted by Gasteiger charge is -2.27. The molecule has 0 aliphatic heterocycles. The molecule has 21 heavy (non-hydrogen) atoms. The normalized spacial score (nSPS) is 17.2. The second-order valence-corrected chi connectivity index (χ2v) is 7.51. The van der Waals surface area contributed by atoms with Crippen LogP contribution in [0.25, 0.3) is 0 Å². The number of nitrogens with two attached hydrogens (primary N) is 1. The van der Waals surface area contributed by atoms with Crippen molar-refractivity contribution in [1.82, 2.24) is 0 Å². The lowest BCUT2D eigenvalue weighted by atomic mass is 9.75. The molecule has 112 valence electrons. The molecule has 4 heteroatoms. The van der Waals surface area contributed by atoms with Crippen LogP contribution in [0.4, 0.5) is 5.13 Å². The average molecular weight is 322 g/mol. The van der Waals surface area contributed by atoms with E-state index < -0.39 is 0 Å². The van der Waals surface area contributed by atoms with Crippen molar-refractivity contribution in [3.63, 3.8) is 0 Å². The molecule has 2 nitrogen and oxygen atoms in total. The minimum Gasteiger partial charge on any atom is -0.278 e. The lowest BCUT2D eigenvalue weighted by Crippen LogP contribution is -2.32. The first-order valence-corrected chi connectivity index (χ1v) is 8.92. The second kappa shape index (κ2) is 5.98. The number of hydrogen-bond acceptors (Lipinski definition) is 2. The van der Waals surface area contributed by atoms with Crippen molar-refractivity contribution in [2.45, 2.75) is 50.9 Å². The van der Waals surface area contributed by atoms with Crippen molar-refractivity contribution in [1.29, 1.82) is 0 Å². The van der Waals surface area contributed by atoms with Gasteiger partial charge in [0.2, 0.25) is 0 Å². The van der Waals surface area contributed by atoms with Gasteiger partial charge in [-0.1, -0.05) is 61.3 Å². The van der Waals surface area contributed by atoms with E-state index in [-0.39, 0.29) is 5.41 Å². The Hall–Kier alpha value is -1.06. The van der Waals surface area contributed by atoms with Gasteiger partial charge in [-0.05, 0) is 37.0 Å². The van der Waals surface area contributed by atoms with Crippen LogP contribution in [-0.4, -0.2) is 0 Å². The molecule has 0 spiro atoms. The minimum absolute atomic E-state index is 0.100. The fourth-order valence-electron chi connectivity index (χ4n) is 3.62. The first kappa shape index (κ1) is 14.9. The number of nitrogen functional groups attached to an aromatic ring is 1. The predicted molar refractivity (Wildman–Crippen MR) is 90.0 cm³/mol. The molecule has 0 saturated heterocycles. The van der Waals surface area contributed by atoms with E-state index in [0.717, 1.165) is 23.0 Å². The molecular weight excluding hydrogens is 300 g/mol. The van der Waals surface area contributed by atoms with Gasteiger partial charge in [0.25, 0.3) is 0 Å². The van der Waals surface area contributed by atoms with Crippen LogP contribution in [0.1, 0.15) is 55.2 Å². The number of anilines is 1. The number of aromatic amines is 1. The summed E-state index contributed by atoms with van der Waals surface area (Å²) in [4.78, 5) is 4.91. The van der Waals surface area contributed by atoms with Gasteiger partial charge in [-0.15, -0.1) is 0 Å². The van der Waals surface area contributed by atoms with E-state index in [1.807, 2.05) is 12.1 Å². The Kier molecular flexibility index (Phi) is 4.23. The molecule has 1 fully saturated rings. The number of halogens is 1. The average Bonchev–Trinajstić information content (AvgIpc) is 3.08. The summed E-state index contributed by atoms with van der Waals surface area (Å²) < 4.78 is 0. The molecule has 1 aliphatic rings. The third-order valence-electron chi connectivity index (χ3n) is 4.57. The maximum Gasteiger partial charge on any atom is 0.329 e. The molecule has 1 aromatic carbocycles. The van der Waals surface area contributed by atoms with Gasteiger partial charge in [0, 0.05) is 5.02 Å². The Bertz CT molecular complexity index is 612. The minimum atomic E-state index is 0.100. The van der Waals surface area contributed by atoms with E-state index in [4.69, 9.17) is 17.3 Å². The fraction of sp³-hybridized carbons (Fsp3) is 0.471. The zero-order valence-corrected chi connectivity index (χ0v) is 14.0. The number of benzene rings is 1. The quantitative estimate of drug-likeness (QED) is 0.877. The van der Waals surface area contributed by atoms with Crippen molar-refractivity contribution < 1.29 is 4.98 Å². The zero-order valence-electron chi connectivity index (χ0n) is 12.4. The van der Waals surface area contributed by atoms with Crippen molar-refractivity contribution in [3.05, 3.63) is 45.4 Å². The van der Waals surface area contributed by atoms with Gasteiger partial charge in [-0.3, -0.25) is 5.73 Å². The molecule has 0 unspecified atom stereocenters. The van der Waals surface area contributed by atoms with Crippen LogP contribution in [0, 0.1) is 0 Å². The van der Waals surface area contributed by atoms with E-state index in [9.17, 15) is 0 Å². The van der Waals surface area contributed by atoms with Gasteiger partial charge in [0.1, 0.15) is 5.69 Å². The largest absolute Gasteiger partial charge is 0.329 e. The number of hydrogen-bond donors (Lipinski definition) is 1. The van der Waals surface area contributed by atoms with Crippen LogP contribution in [0.15, 0.2) is 24.3 Å². The number of H-pyrrole nitrogens is 1. The first-order chi connectivity index (χ1) is 10.2. The molecule has 1 aromatic heterocycles. The number of rotatable bonds is 4. The number of aryl methyl sites for hydroxylation is 1. The van der Waals surface area contributed by atoms with E-state index in [2.05, 4.69) is 24.0 Å². The highest BCUT2D eigenvalue weighted by Gasteiger charge is 2.42. The Balaban J connectivity index is 2.11. The molecule has 0 bridgehead atoms. The van der Waals surface area contributed by atoms with Crippen LogP contribution in [0.5, 0.6) is 0 Å². The van der Waals surface area contributed by atoms with Crippen molar-refractivity contribution in [2.75, 3.05) is 5.73 Å². The maximum absolute atomic E-state index is 6.08. The lowest BCUT2D eigenvalue weighted by molar-refractivity contribution is -0.374. The Morgan fingerprint density at radius 3 is 2.52 bits per heavy atom. The summed E-state index contributed by atoms with van der Waals surface area (Å²) in [5.74, 6) is 0. The SMILES string of the molecule is CCCc1sc(N)[nH+]c1C1(c2ccc(Cl)cc2)CCCC1. The zero-order chi connectivity index (χ0) is 14.9. The van der Waals surface area contributed by atoms with Crippen LogP contribution >= 0.6 is 22.9 Å². The van der Waals surface area contributed by atoms with E-state index >= 15 is 0 Å². The third kappa shape index (κ3) is 2.69. The van der Waals surface area contributed by atoms with Crippen LogP contribution < -0.4 is 10.7 Å². The fourth-order valence-corrected chi connectivity index (χ4v) is 4.82. The summed E-state index contributed by atoms with van der Waals surface area (Å²) >= 11 is 7.79. The molecule has 3 N–H and O–H groups in total. The highest BCUT2D eigenvalue weighted by atomic mass is 35.5. The molecule has 1 heterocycles. The predicted octanol–water partition coefficient (Wildman–Crippen LogP) is 4.61. The highest BCUT2D eigenvalue weighted by Crippen LogP contribution is 2.47. The maximum atomic E-state index is 6.08. The van der Waals surface area contributed by atoms with Crippen molar-refractivity contribution in [3.8, 4) is 0 Å². The standard InChI is InChI=1S/C17H21ClN2S/c1-2-5-14-15(20-16(19)21-14)17(10-3-4-11-17)12-6-8-13(18)9-7-12/h6-9H,2-5,10-11H2,1H3,(H2,19,20)/p+1. The number of aromatic nitrogens is 1. The molecule has 0 atom stereocenters. The van der Waals surface area contributed by atoms with Gasteiger partial charge in [-0.25, -0.2) is 4.98 Å². The molecular formula is C17H22ClN2S+. The second-order valence-electron chi connectivity index (χ2n) is 5.94. The highest BCUT2D eigenvalue weighted by molar-refractivity contribution is 7.15. The van der Waals surface area contributed by atoms with Gasteiger partial charge in [-0.2, -0.15) is 0 Å². The summed E-state index contributed by atoms with van der Waals surface area (Å²) in [7, 11) is 0. The van der Waals surface area contributed by atoms with E-state index in [1.54, 1.807) is 11.3 Å². The Morgan fingerprint density at radius 2 is 1.90 bits per heavy atom. The summed E-state index contributed by atoms with van der Waals surface area (Å²) in [5, 5.41) is 1.63. The first-order valence-electron chi connectivity index (χ1n) is 7.73. The molecule has 3 rings (SSSR count). The molecule has 0 amide bonds. The monoisotopic (exact) mass is 321 g/mol. The Morgan fingerprint density at radius 1 is 1.24 bits per heavy atom. The number of nitrogens with one attached hydrogen (secondary N) is 1. The van der Waals surface area contributed by atoms with Gasteiger partial charge in [0.05, 0.1) is 10.3 Å².